The van der Waals surface area contributed by atoms with Gasteiger partial charge in [-0.3, -0.25) is 20.2 Å². The van der Waals surface area contributed by atoms with Gasteiger partial charge in [0.1, 0.15) is 6.29 Å². The standard InChI is InChI=1S/C17H33N3O3/c1-9-18-12(3)14(22)17(7,8)20-13(4)15(23)16(5,6)19-11(2)10-21/h10-13,18-20H,9H2,1-8H3. The van der Waals surface area contributed by atoms with Gasteiger partial charge in [0.15, 0.2) is 11.6 Å². The summed E-state index contributed by atoms with van der Waals surface area (Å²) in [5.41, 5.74) is -1.69. The summed E-state index contributed by atoms with van der Waals surface area (Å²) in [7, 11) is 0. The van der Waals surface area contributed by atoms with Crippen LogP contribution < -0.4 is 16.0 Å². The molecule has 0 saturated heterocycles. The number of carbonyl (C=O) groups is 3. The van der Waals surface area contributed by atoms with Crippen molar-refractivity contribution >= 4 is 17.9 Å². The predicted molar refractivity (Wildman–Crippen MR) is 92.6 cm³/mol. The van der Waals surface area contributed by atoms with Gasteiger partial charge in [-0.05, 0) is 55.0 Å². The predicted octanol–water partition coefficient (Wildman–Crippen LogP) is 0.835. The molecule has 0 spiro atoms. The second-order valence-corrected chi connectivity index (χ2v) is 7.19. The SMILES string of the molecule is CCNC(C)C(=O)C(C)(C)NC(C)C(=O)C(C)(C)NC(C)C=O. The summed E-state index contributed by atoms with van der Waals surface area (Å²) in [5, 5.41) is 9.21. The Bertz CT molecular complexity index is 433. The van der Waals surface area contributed by atoms with E-state index in [1.165, 1.54) is 0 Å². The molecule has 3 N–H and O–H groups in total. The van der Waals surface area contributed by atoms with Gasteiger partial charge in [-0.2, -0.15) is 0 Å². The molecule has 3 atom stereocenters. The molecule has 0 aliphatic carbocycles. The molecule has 0 radical (unpaired) electrons. The summed E-state index contributed by atoms with van der Waals surface area (Å²) in [4.78, 5) is 35.9. The van der Waals surface area contributed by atoms with Crippen LogP contribution >= 0.6 is 0 Å². The lowest BCUT2D eigenvalue weighted by Gasteiger charge is -2.35. The van der Waals surface area contributed by atoms with Crippen molar-refractivity contribution in [2.45, 2.75) is 84.6 Å². The van der Waals surface area contributed by atoms with Gasteiger partial charge < -0.3 is 10.1 Å². The van der Waals surface area contributed by atoms with Gasteiger partial charge in [-0.25, -0.2) is 0 Å². The van der Waals surface area contributed by atoms with Crippen LogP contribution in [0.15, 0.2) is 0 Å². The average molecular weight is 327 g/mol. The van der Waals surface area contributed by atoms with E-state index in [1.807, 2.05) is 13.8 Å². The number of rotatable bonds is 11. The van der Waals surface area contributed by atoms with E-state index in [1.54, 1.807) is 41.5 Å². The molecule has 6 heteroatoms. The van der Waals surface area contributed by atoms with Crippen molar-refractivity contribution in [3.63, 3.8) is 0 Å². The normalized spacial score (nSPS) is 16.5. The fourth-order valence-corrected chi connectivity index (χ4v) is 2.83. The maximum absolute atomic E-state index is 12.6. The van der Waals surface area contributed by atoms with Crippen LogP contribution in [0, 0.1) is 0 Å². The molecule has 3 unspecified atom stereocenters. The van der Waals surface area contributed by atoms with Crippen LogP contribution in [0.5, 0.6) is 0 Å². The van der Waals surface area contributed by atoms with Gasteiger partial charge in [0, 0.05) is 0 Å². The van der Waals surface area contributed by atoms with E-state index < -0.39 is 23.2 Å². The van der Waals surface area contributed by atoms with E-state index >= 15 is 0 Å². The molecule has 0 bridgehead atoms. The van der Waals surface area contributed by atoms with E-state index in [0.717, 1.165) is 6.29 Å². The van der Waals surface area contributed by atoms with E-state index in [4.69, 9.17) is 0 Å². The highest BCUT2D eigenvalue weighted by Gasteiger charge is 2.38. The number of aldehydes is 1. The summed E-state index contributed by atoms with van der Waals surface area (Å²) in [6, 6.07) is -1.22. The zero-order chi connectivity index (χ0) is 18.4. The molecular weight excluding hydrogens is 294 g/mol. The van der Waals surface area contributed by atoms with Gasteiger partial charge in [0.2, 0.25) is 0 Å². The lowest BCUT2D eigenvalue weighted by molar-refractivity contribution is -0.129. The van der Waals surface area contributed by atoms with E-state index in [2.05, 4.69) is 16.0 Å². The second kappa shape index (κ2) is 8.66. The number of hydrogen-bond acceptors (Lipinski definition) is 6. The first kappa shape index (κ1) is 21.9. The lowest BCUT2D eigenvalue weighted by atomic mass is 9.89. The van der Waals surface area contributed by atoms with Crippen molar-refractivity contribution in [3.05, 3.63) is 0 Å². The molecule has 6 nitrogen and oxygen atoms in total. The largest absolute Gasteiger partial charge is 0.308 e. The third-order valence-corrected chi connectivity index (χ3v) is 3.90. The minimum atomic E-state index is -0.862. The fourth-order valence-electron chi connectivity index (χ4n) is 2.83. The van der Waals surface area contributed by atoms with Gasteiger partial charge in [0.05, 0.1) is 29.2 Å². The van der Waals surface area contributed by atoms with Gasteiger partial charge >= 0.3 is 0 Å². The molecule has 0 aromatic rings. The van der Waals surface area contributed by atoms with Gasteiger partial charge in [-0.15, -0.1) is 0 Å². The molecule has 0 heterocycles. The number of hydrogen-bond donors (Lipinski definition) is 3. The molecule has 0 rings (SSSR count). The van der Waals surface area contributed by atoms with Crippen LogP contribution in [-0.4, -0.2) is 53.6 Å². The topological polar surface area (TPSA) is 87.3 Å². The monoisotopic (exact) mass is 327 g/mol. The number of likely N-dealkylation sites (N-methyl/N-ethyl adjacent to an activating group) is 1. The summed E-state index contributed by atoms with van der Waals surface area (Å²) in [5.74, 6) is -0.0887. The maximum atomic E-state index is 12.6. The summed E-state index contributed by atoms with van der Waals surface area (Å²) >= 11 is 0. The van der Waals surface area contributed by atoms with Crippen LogP contribution in [0.2, 0.25) is 0 Å². The van der Waals surface area contributed by atoms with Crippen molar-refractivity contribution in [3.8, 4) is 0 Å². The van der Waals surface area contributed by atoms with Crippen molar-refractivity contribution in [2.24, 2.45) is 0 Å². The van der Waals surface area contributed by atoms with E-state index in [9.17, 15) is 14.4 Å². The third-order valence-electron chi connectivity index (χ3n) is 3.90. The molecule has 0 saturated carbocycles. The molecule has 23 heavy (non-hydrogen) atoms. The molecule has 0 aliphatic rings. The number of ketones is 2. The number of carbonyl (C=O) groups excluding carboxylic acids is 3. The van der Waals surface area contributed by atoms with Gasteiger partial charge in [-0.1, -0.05) is 6.92 Å². The second-order valence-electron chi connectivity index (χ2n) is 7.19. The summed E-state index contributed by atoms with van der Waals surface area (Å²) < 4.78 is 0. The smallest absolute Gasteiger partial charge is 0.168 e. The quantitative estimate of drug-likeness (QED) is 0.487. The lowest BCUT2D eigenvalue weighted by Crippen LogP contribution is -2.62. The number of Topliss-reactive ketones (excluding diaryl/α,β-unsaturated/α-hetero) is 2. The molecule has 0 aromatic heterocycles. The third kappa shape index (κ3) is 6.49. The Morgan fingerprint density at radius 1 is 0.913 bits per heavy atom. The Labute approximate surface area is 140 Å². The Hall–Kier alpha value is -1.11. The minimum absolute atomic E-state index is 0.00558. The Morgan fingerprint density at radius 3 is 1.78 bits per heavy atom. The Balaban J connectivity index is 4.96. The minimum Gasteiger partial charge on any atom is -0.308 e. The first-order valence-electron chi connectivity index (χ1n) is 8.21. The molecule has 0 aromatic carbocycles. The molecule has 134 valence electrons. The molecule has 0 aliphatic heterocycles. The molecule has 0 amide bonds. The highest BCUT2D eigenvalue weighted by Crippen LogP contribution is 2.13. The van der Waals surface area contributed by atoms with Gasteiger partial charge in [0.25, 0.3) is 0 Å². The highest BCUT2D eigenvalue weighted by atomic mass is 16.1. The highest BCUT2D eigenvalue weighted by molar-refractivity contribution is 5.95. The van der Waals surface area contributed by atoms with E-state index in [-0.39, 0.29) is 17.6 Å². The van der Waals surface area contributed by atoms with Crippen LogP contribution in [0.3, 0.4) is 0 Å². The van der Waals surface area contributed by atoms with Crippen LogP contribution in [0.4, 0.5) is 0 Å². The van der Waals surface area contributed by atoms with Crippen LogP contribution in [0.1, 0.15) is 55.4 Å². The Kier molecular flexibility index (Phi) is 8.24. The van der Waals surface area contributed by atoms with Crippen molar-refractivity contribution < 1.29 is 14.4 Å². The van der Waals surface area contributed by atoms with Crippen molar-refractivity contribution in [1.29, 1.82) is 0 Å². The number of nitrogens with one attached hydrogen (secondary N) is 3. The first-order valence-corrected chi connectivity index (χ1v) is 8.21. The van der Waals surface area contributed by atoms with Crippen LogP contribution in [-0.2, 0) is 14.4 Å². The van der Waals surface area contributed by atoms with E-state index in [0.29, 0.717) is 6.54 Å². The maximum Gasteiger partial charge on any atom is 0.168 e. The van der Waals surface area contributed by atoms with Crippen molar-refractivity contribution in [2.75, 3.05) is 6.54 Å². The average Bonchev–Trinajstić information content (AvgIpc) is 2.44. The molecular formula is C17H33N3O3. The summed E-state index contributed by atoms with van der Waals surface area (Å²) in [6.07, 6.45) is 0.763. The fraction of sp³-hybridized carbons (Fsp3) is 0.824. The zero-order valence-electron chi connectivity index (χ0n) is 15.7. The zero-order valence-corrected chi connectivity index (χ0v) is 15.7. The Morgan fingerprint density at radius 2 is 1.35 bits per heavy atom. The summed E-state index contributed by atoms with van der Waals surface area (Å²) in [6.45, 7) is 14.9. The first-order chi connectivity index (χ1) is 10.4. The van der Waals surface area contributed by atoms with Crippen LogP contribution in [0.25, 0.3) is 0 Å². The molecule has 0 fully saturated rings. The van der Waals surface area contributed by atoms with Crippen molar-refractivity contribution in [1.82, 2.24) is 16.0 Å².